The summed E-state index contributed by atoms with van der Waals surface area (Å²) >= 11 is -1.35. The van der Waals surface area contributed by atoms with E-state index in [0.717, 1.165) is 10.6 Å². The van der Waals surface area contributed by atoms with E-state index < -0.39 is 14.5 Å². The summed E-state index contributed by atoms with van der Waals surface area (Å²) in [5.41, 5.74) is 2.65. The van der Waals surface area contributed by atoms with Crippen molar-refractivity contribution in [1.29, 1.82) is 0 Å². The highest BCUT2D eigenvalue weighted by Gasteiger charge is 2.22. The van der Waals surface area contributed by atoms with E-state index in [1.807, 2.05) is 0 Å². The third-order valence-electron chi connectivity index (χ3n) is 3.58. The smallest absolute Gasteiger partial charge is 0.470 e. The molecule has 122 valence electrons. The molecule has 0 unspecified atom stereocenters. The number of rotatable bonds is 8. The molecule has 0 bridgehead atoms. The standard InChI is InChI=1S/2C7H7.C6H13O2.Al/c2*1-7-5-3-2-4-6-7;1-6(2,3)8-5-4-7;/h2*2-6H,1H2;4-5H2,1-3H3;/q;;-1;+1. The lowest BCUT2D eigenvalue weighted by Gasteiger charge is -2.21. The van der Waals surface area contributed by atoms with Gasteiger partial charge in [0.1, 0.15) is 0 Å². The van der Waals surface area contributed by atoms with Crippen molar-refractivity contribution in [3.63, 3.8) is 0 Å². The van der Waals surface area contributed by atoms with E-state index in [1.54, 1.807) is 0 Å². The number of ether oxygens (including phenoxy) is 1. The highest BCUT2D eigenvalue weighted by Crippen LogP contribution is 2.10. The monoisotopic (exact) mass is 326 g/mol. The van der Waals surface area contributed by atoms with Gasteiger partial charge in [-0.25, -0.2) is 0 Å². The van der Waals surface area contributed by atoms with Crippen molar-refractivity contribution in [1.82, 2.24) is 0 Å². The van der Waals surface area contributed by atoms with Gasteiger partial charge in [0.25, 0.3) is 0 Å². The van der Waals surface area contributed by atoms with Crippen LogP contribution < -0.4 is 0 Å². The van der Waals surface area contributed by atoms with Gasteiger partial charge in [0.15, 0.2) is 0 Å². The fraction of sp³-hybridized carbons (Fsp3) is 0.400. The quantitative estimate of drug-likeness (QED) is 0.530. The minimum Gasteiger partial charge on any atom is -0.499 e. The van der Waals surface area contributed by atoms with Gasteiger partial charge in [0.2, 0.25) is 0 Å². The second kappa shape index (κ2) is 9.25. The van der Waals surface area contributed by atoms with Crippen molar-refractivity contribution in [2.24, 2.45) is 0 Å². The maximum Gasteiger partial charge on any atom is 0.470 e. The average Bonchev–Trinajstić information content (AvgIpc) is 2.52. The zero-order valence-electron chi connectivity index (χ0n) is 14.5. The van der Waals surface area contributed by atoms with Crippen LogP contribution in [0.25, 0.3) is 0 Å². The third kappa shape index (κ3) is 7.81. The van der Waals surface area contributed by atoms with Crippen LogP contribution in [-0.2, 0) is 19.1 Å². The van der Waals surface area contributed by atoms with Crippen LogP contribution in [0.15, 0.2) is 60.7 Å². The second-order valence-corrected chi connectivity index (χ2v) is 9.23. The lowest BCUT2D eigenvalue weighted by Crippen LogP contribution is -2.29. The largest absolute Gasteiger partial charge is 0.499 e. The van der Waals surface area contributed by atoms with Crippen LogP contribution in [0.5, 0.6) is 0 Å². The van der Waals surface area contributed by atoms with Crippen molar-refractivity contribution in [2.45, 2.75) is 36.9 Å². The fourth-order valence-corrected chi connectivity index (χ4v) is 4.91. The summed E-state index contributed by atoms with van der Waals surface area (Å²) in [6.07, 6.45) is 0. The van der Waals surface area contributed by atoms with Gasteiger partial charge in [-0.1, -0.05) is 71.8 Å². The zero-order chi connectivity index (χ0) is 16.5. The van der Waals surface area contributed by atoms with Crippen LogP contribution in [0.1, 0.15) is 31.9 Å². The summed E-state index contributed by atoms with van der Waals surface area (Å²) in [7, 11) is 0. The Hall–Kier alpha value is -1.11. The van der Waals surface area contributed by atoms with E-state index in [0.29, 0.717) is 13.2 Å². The fourth-order valence-electron chi connectivity index (χ4n) is 2.51. The molecule has 3 heteroatoms. The SMILES string of the molecule is CC(C)(C)OCC[O][Al]([CH2]c1ccccc1)[CH2]c1ccccc1. The summed E-state index contributed by atoms with van der Waals surface area (Å²) in [5, 5.41) is 2.12. The van der Waals surface area contributed by atoms with Gasteiger partial charge >= 0.3 is 14.5 Å². The molecule has 2 rings (SSSR count). The van der Waals surface area contributed by atoms with Gasteiger partial charge in [0.05, 0.1) is 12.2 Å². The summed E-state index contributed by atoms with van der Waals surface area (Å²) in [4.78, 5) is 0. The molecule has 2 nitrogen and oxygen atoms in total. The first-order chi connectivity index (χ1) is 11.0. The minimum atomic E-state index is -1.35. The summed E-state index contributed by atoms with van der Waals surface area (Å²) in [6, 6.07) is 21.3. The van der Waals surface area contributed by atoms with Crippen molar-refractivity contribution < 1.29 is 8.53 Å². The molecule has 0 saturated carbocycles. The Bertz CT molecular complexity index is 507. The molecule has 0 spiro atoms. The molecule has 0 atom stereocenters. The number of benzene rings is 2. The molecule has 0 radical (unpaired) electrons. The predicted octanol–water partition coefficient (Wildman–Crippen LogP) is 4.37. The van der Waals surface area contributed by atoms with E-state index in [-0.39, 0.29) is 5.60 Å². The normalized spacial score (nSPS) is 11.4. The van der Waals surface area contributed by atoms with Crippen LogP contribution >= 0.6 is 0 Å². The van der Waals surface area contributed by atoms with Crippen molar-refractivity contribution in [3.8, 4) is 0 Å². The highest BCUT2D eigenvalue weighted by molar-refractivity contribution is 6.50. The Labute approximate surface area is 145 Å². The van der Waals surface area contributed by atoms with Crippen molar-refractivity contribution in [3.05, 3.63) is 71.8 Å². The van der Waals surface area contributed by atoms with E-state index in [2.05, 4.69) is 81.4 Å². The zero-order valence-corrected chi connectivity index (χ0v) is 15.7. The Kier molecular flexibility index (Phi) is 7.34. The molecule has 0 saturated heterocycles. The van der Waals surface area contributed by atoms with E-state index in [1.165, 1.54) is 11.1 Å². The van der Waals surface area contributed by atoms with Gasteiger partial charge in [-0.3, -0.25) is 0 Å². The second-order valence-electron chi connectivity index (χ2n) is 6.83. The Morgan fingerprint density at radius 2 is 1.22 bits per heavy atom. The van der Waals surface area contributed by atoms with E-state index >= 15 is 0 Å². The Balaban J connectivity index is 1.91. The lowest BCUT2D eigenvalue weighted by atomic mass is 10.2. The van der Waals surface area contributed by atoms with Gasteiger partial charge in [-0.2, -0.15) is 0 Å². The van der Waals surface area contributed by atoms with Crippen LogP contribution in [0.2, 0.25) is 0 Å². The molecule has 0 fully saturated rings. The molecule has 0 aliphatic rings. The van der Waals surface area contributed by atoms with Crippen LogP contribution in [-0.4, -0.2) is 33.3 Å². The van der Waals surface area contributed by atoms with Crippen LogP contribution in [0.3, 0.4) is 0 Å². The Morgan fingerprint density at radius 1 is 0.739 bits per heavy atom. The number of hydrogen-bond donors (Lipinski definition) is 0. The van der Waals surface area contributed by atoms with Crippen molar-refractivity contribution >= 4 is 14.5 Å². The first kappa shape index (κ1) is 18.2. The van der Waals surface area contributed by atoms with Gasteiger partial charge in [-0.15, -0.1) is 0 Å². The van der Waals surface area contributed by atoms with E-state index in [9.17, 15) is 0 Å². The number of hydrogen-bond acceptors (Lipinski definition) is 2. The molecule has 0 N–H and O–H groups in total. The summed E-state index contributed by atoms with van der Waals surface area (Å²) < 4.78 is 12.0. The van der Waals surface area contributed by atoms with Crippen LogP contribution in [0.4, 0.5) is 0 Å². The summed E-state index contributed by atoms with van der Waals surface area (Å²) in [6.45, 7) is 7.59. The maximum absolute atomic E-state index is 6.26. The van der Waals surface area contributed by atoms with Gasteiger partial charge in [0, 0.05) is 6.61 Å². The lowest BCUT2D eigenvalue weighted by molar-refractivity contribution is -0.0169. The third-order valence-corrected chi connectivity index (χ3v) is 6.14. The highest BCUT2D eigenvalue weighted by atomic mass is 27.2. The topological polar surface area (TPSA) is 18.5 Å². The maximum atomic E-state index is 6.26. The first-order valence-electron chi connectivity index (χ1n) is 8.36. The molecular formula is C20H27AlO2. The summed E-state index contributed by atoms with van der Waals surface area (Å²) in [5.74, 6) is 0. The van der Waals surface area contributed by atoms with Crippen LogP contribution in [0, 0.1) is 0 Å². The minimum absolute atomic E-state index is 0.0979. The molecule has 0 heterocycles. The molecule has 23 heavy (non-hydrogen) atoms. The van der Waals surface area contributed by atoms with Crippen molar-refractivity contribution in [2.75, 3.05) is 13.2 Å². The molecule has 0 amide bonds. The Morgan fingerprint density at radius 3 is 1.65 bits per heavy atom. The molecular weight excluding hydrogens is 299 g/mol. The van der Waals surface area contributed by atoms with E-state index in [4.69, 9.17) is 8.53 Å². The average molecular weight is 326 g/mol. The molecule has 2 aromatic rings. The molecule has 2 aromatic carbocycles. The predicted molar refractivity (Wildman–Crippen MR) is 97.7 cm³/mol. The molecule has 0 aromatic heterocycles. The van der Waals surface area contributed by atoms with Gasteiger partial charge in [-0.05, 0) is 31.3 Å². The molecule has 0 aliphatic heterocycles. The van der Waals surface area contributed by atoms with Gasteiger partial charge < -0.3 is 8.53 Å². The first-order valence-corrected chi connectivity index (χ1v) is 10.5. The molecule has 0 aliphatic carbocycles.